The van der Waals surface area contributed by atoms with Crippen LogP contribution >= 0.6 is 0 Å². The number of hydrogen-bond acceptors (Lipinski definition) is 3. The van der Waals surface area contributed by atoms with E-state index in [1.807, 2.05) is 7.05 Å². The van der Waals surface area contributed by atoms with E-state index >= 15 is 0 Å². The fraction of sp³-hybridized carbons (Fsp3) is 0.667. The fourth-order valence-corrected chi connectivity index (χ4v) is 5.45. The first-order valence-electron chi connectivity index (χ1n) is 12.4. The third-order valence-corrected chi connectivity index (χ3v) is 7.57. The van der Waals surface area contributed by atoms with Crippen LogP contribution in [0.25, 0.3) is 10.9 Å². The van der Waals surface area contributed by atoms with Gasteiger partial charge in [0, 0.05) is 24.3 Å². The lowest BCUT2D eigenvalue weighted by atomic mass is 9.74. The molecule has 3 atom stereocenters. The Labute approximate surface area is 194 Å². The molecule has 1 aromatic heterocycles. The second-order valence-corrected chi connectivity index (χ2v) is 10.8. The molecule has 3 rings (SSSR count). The summed E-state index contributed by atoms with van der Waals surface area (Å²) in [6, 6.07) is 3.93. The molecule has 0 radical (unpaired) electrons. The van der Waals surface area contributed by atoms with E-state index in [1.165, 1.54) is 29.3 Å². The number of aliphatic hydroxyl groups excluding tert-OH is 1. The molecule has 1 amide bonds. The Morgan fingerprint density at radius 3 is 2.56 bits per heavy atom. The molecule has 32 heavy (non-hydrogen) atoms. The predicted octanol–water partition coefficient (Wildman–Crippen LogP) is 5.16. The normalized spacial score (nSPS) is 21.4. The molecule has 3 N–H and O–H groups in total. The molecule has 2 heterocycles. The van der Waals surface area contributed by atoms with Crippen LogP contribution in [0.3, 0.4) is 0 Å². The van der Waals surface area contributed by atoms with Crippen molar-refractivity contribution in [3.8, 4) is 0 Å². The number of amides is 1. The number of aromatic amines is 1. The number of likely N-dealkylation sites (N-methyl/N-ethyl adjacent to an activating group) is 1. The maximum Gasteiger partial charge on any atom is 0.243 e. The van der Waals surface area contributed by atoms with E-state index in [4.69, 9.17) is 0 Å². The van der Waals surface area contributed by atoms with Crippen LogP contribution in [0.5, 0.6) is 0 Å². The predicted molar refractivity (Wildman–Crippen MR) is 134 cm³/mol. The van der Waals surface area contributed by atoms with Crippen molar-refractivity contribution in [2.45, 2.75) is 91.1 Å². The number of aromatic nitrogens is 1. The van der Waals surface area contributed by atoms with Gasteiger partial charge in [-0.15, -0.1) is 0 Å². The van der Waals surface area contributed by atoms with Gasteiger partial charge in [0.15, 0.2) is 0 Å². The SMILES string of the molecule is CCC(C)(CCCC(C)C)c1ccc2c3c(c[nH]c13)CC(CO)NC(=O)C(C(C)C)N2C. The molecule has 0 saturated carbocycles. The molecule has 0 saturated heterocycles. The Bertz CT molecular complexity index is 932. The van der Waals surface area contributed by atoms with Crippen LogP contribution in [0.15, 0.2) is 18.3 Å². The zero-order valence-corrected chi connectivity index (χ0v) is 21.1. The highest BCUT2D eigenvalue weighted by atomic mass is 16.3. The molecule has 178 valence electrons. The largest absolute Gasteiger partial charge is 0.394 e. The van der Waals surface area contributed by atoms with Gasteiger partial charge in [-0.1, -0.05) is 60.5 Å². The highest BCUT2D eigenvalue weighted by Crippen LogP contribution is 2.42. The lowest BCUT2D eigenvalue weighted by Gasteiger charge is -2.34. The number of carbonyl (C=O) groups excluding carboxylic acids is 1. The first kappa shape index (κ1) is 24.6. The third-order valence-electron chi connectivity index (χ3n) is 7.57. The number of rotatable bonds is 8. The summed E-state index contributed by atoms with van der Waals surface area (Å²) in [4.78, 5) is 18.8. The molecule has 0 fully saturated rings. The molecule has 5 nitrogen and oxygen atoms in total. The molecular weight excluding hydrogens is 398 g/mol. The van der Waals surface area contributed by atoms with Gasteiger partial charge in [0.1, 0.15) is 6.04 Å². The summed E-state index contributed by atoms with van der Waals surface area (Å²) >= 11 is 0. The van der Waals surface area contributed by atoms with Crippen LogP contribution < -0.4 is 10.2 Å². The van der Waals surface area contributed by atoms with Crippen LogP contribution in [-0.4, -0.2) is 41.7 Å². The van der Waals surface area contributed by atoms with Gasteiger partial charge in [-0.3, -0.25) is 4.79 Å². The van der Waals surface area contributed by atoms with Crippen LogP contribution in [0, 0.1) is 11.8 Å². The van der Waals surface area contributed by atoms with E-state index in [0.717, 1.165) is 30.0 Å². The van der Waals surface area contributed by atoms with Gasteiger partial charge in [0.05, 0.1) is 18.2 Å². The molecular formula is C27H43N3O2. The molecule has 5 heteroatoms. The number of benzene rings is 1. The fourth-order valence-electron chi connectivity index (χ4n) is 5.45. The van der Waals surface area contributed by atoms with Crippen molar-refractivity contribution in [2.75, 3.05) is 18.6 Å². The van der Waals surface area contributed by atoms with Crippen molar-refractivity contribution < 1.29 is 9.90 Å². The average Bonchev–Trinajstić information content (AvgIpc) is 3.16. The van der Waals surface area contributed by atoms with E-state index in [0.29, 0.717) is 6.42 Å². The van der Waals surface area contributed by atoms with Crippen molar-refractivity contribution in [1.29, 1.82) is 0 Å². The van der Waals surface area contributed by atoms with Gasteiger partial charge in [0.25, 0.3) is 0 Å². The Hall–Kier alpha value is -2.01. The highest BCUT2D eigenvalue weighted by molar-refractivity contribution is 6.00. The van der Waals surface area contributed by atoms with Crippen molar-refractivity contribution in [2.24, 2.45) is 11.8 Å². The molecule has 2 aromatic rings. The number of carbonyl (C=O) groups is 1. The maximum atomic E-state index is 13.1. The minimum absolute atomic E-state index is 0.0139. The Morgan fingerprint density at radius 2 is 1.97 bits per heavy atom. The minimum atomic E-state index is -0.289. The third kappa shape index (κ3) is 4.68. The van der Waals surface area contributed by atoms with Crippen molar-refractivity contribution in [1.82, 2.24) is 10.3 Å². The van der Waals surface area contributed by atoms with Crippen molar-refractivity contribution in [3.63, 3.8) is 0 Å². The van der Waals surface area contributed by atoms with Crippen molar-refractivity contribution >= 4 is 22.5 Å². The summed E-state index contributed by atoms with van der Waals surface area (Å²) in [5.74, 6) is 0.853. The van der Waals surface area contributed by atoms with Gasteiger partial charge in [-0.2, -0.15) is 0 Å². The highest BCUT2D eigenvalue weighted by Gasteiger charge is 2.34. The van der Waals surface area contributed by atoms with E-state index in [9.17, 15) is 9.90 Å². The maximum absolute atomic E-state index is 13.1. The molecule has 0 spiro atoms. The second-order valence-electron chi connectivity index (χ2n) is 10.8. The van der Waals surface area contributed by atoms with Gasteiger partial charge >= 0.3 is 0 Å². The zero-order chi connectivity index (χ0) is 23.6. The van der Waals surface area contributed by atoms with Gasteiger partial charge in [-0.25, -0.2) is 0 Å². The standard InChI is InChI=1S/C27H43N3O2/c1-8-27(6,13-9-10-17(2)3)21-11-12-22-23-19(15-28-24(21)23)14-20(16-31)29-26(32)25(18(4)5)30(22)7/h11-12,15,17-18,20,25,28,31H,8-10,13-14,16H2,1-7H3,(H,29,32). The molecule has 1 aliphatic rings. The van der Waals surface area contributed by atoms with E-state index in [-0.39, 0.29) is 35.9 Å². The number of anilines is 1. The number of H-pyrrole nitrogens is 1. The van der Waals surface area contributed by atoms with E-state index < -0.39 is 0 Å². The summed E-state index contributed by atoms with van der Waals surface area (Å²) in [6.45, 7) is 13.4. The lowest BCUT2D eigenvalue weighted by Crippen LogP contribution is -2.52. The van der Waals surface area contributed by atoms with Gasteiger partial charge in [-0.05, 0) is 53.7 Å². The van der Waals surface area contributed by atoms with Gasteiger partial charge in [0.2, 0.25) is 5.91 Å². The minimum Gasteiger partial charge on any atom is -0.394 e. The Kier molecular flexibility index (Phi) is 7.59. The zero-order valence-electron chi connectivity index (χ0n) is 21.1. The summed E-state index contributed by atoms with van der Waals surface area (Å²) in [7, 11) is 2.02. The molecule has 3 unspecified atom stereocenters. The van der Waals surface area contributed by atoms with Crippen LogP contribution in [-0.2, 0) is 16.6 Å². The second kappa shape index (κ2) is 9.86. The van der Waals surface area contributed by atoms with E-state index in [2.05, 4.69) is 75.1 Å². The summed E-state index contributed by atoms with van der Waals surface area (Å²) in [6.07, 6.45) is 7.41. The quantitative estimate of drug-likeness (QED) is 0.530. The monoisotopic (exact) mass is 441 g/mol. The van der Waals surface area contributed by atoms with Crippen LogP contribution in [0.1, 0.15) is 78.4 Å². The van der Waals surface area contributed by atoms with Crippen LogP contribution in [0.2, 0.25) is 0 Å². The first-order chi connectivity index (χ1) is 15.1. The summed E-state index contributed by atoms with van der Waals surface area (Å²) in [5.41, 5.74) is 4.89. The van der Waals surface area contributed by atoms with Gasteiger partial charge < -0.3 is 20.3 Å². The molecule has 1 aliphatic heterocycles. The average molecular weight is 442 g/mol. The summed E-state index contributed by atoms with van der Waals surface area (Å²) < 4.78 is 0. The lowest BCUT2D eigenvalue weighted by molar-refractivity contribution is -0.124. The molecule has 0 bridgehead atoms. The number of nitrogens with zero attached hydrogens (tertiary/aromatic N) is 1. The molecule has 0 aliphatic carbocycles. The summed E-state index contributed by atoms with van der Waals surface area (Å²) in [5, 5.41) is 14.3. The van der Waals surface area contributed by atoms with Crippen LogP contribution in [0.4, 0.5) is 5.69 Å². The van der Waals surface area contributed by atoms with E-state index in [1.54, 1.807) is 0 Å². The number of aliphatic hydroxyl groups is 1. The molecule has 1 aromatic carbocycles. The van der Waals surface area contributed by atoms with Crippen molar-refractivity contribution in [3.05, 3.63) is 29.5 Å². The Balaban J connectivity index is 2.16. The number of hydrogen-bond donors (Lipinski definition) is 3. The smallest absolute Gasteiger partial charge is 0.243 e. The topological polar surface area (TPSA) is 68.4 Å². The number of nitrogens with one attached hydrogen (secondary N) is 2. The Morgan fingerprint density at radius 1 is 1.25 bits per heavy atom. The first-order valence-corrected chi connectivity index (χ1v) is 12.4.